The fourth-order valence-corrected chi connectivity index (χ4v) is 9.64. The summed E-state index contributed by atoms with van der Waals surface area (Å²) in [6, 6.07) is 2.80. The first-order valence-corrected chi connectivity index (χ1v) is 15.8. The second kappa shape index (κ2) is 10.9. The maximum Gasteiger partial charge on any atom is 0.435 e. The summed E-state index contributed by atoms with van der Waals surface area (Å²) in [6.07, 6.45) is -15.7. The number of sulfone groups is 1. The minimum atomic E-state index is -6.39. The largest absolute Gasteiger partial charge is 0.435 e. The summed E-state index contributed by atoms with van der Waals surface area (Å²) in [6.45, 7) is 1.92. The molecule has 1 saturated carbocycles. The Kier molecular flexibility index (Phi) is 8.09. The Labute approximate surface area is 252 Å². The molecule has 0 bridgehead atoms. The maximum atomic E-state index is 15.0. The van der Waals surface area contributed by atoms with Crippen LogP contribution < -0.4 is 0 Å². The minimum absolute atomic E-state index is 0.116. The van der Waals surface area contributed by atoms with E-state index in [0.717, 1.165) is 31.0 Å². The predicted molar refractivity (Wildman–Crippen MR) is 141 cm³/mol. The molecule has 1 amide bonds. The number of likely N-dealkylation sites (tertiary alicyclic amines) is 1. The van der Waals surface area contributed by atoms with Gasteiger partial charge in [0.15, 0.2) is 9.84 Å². The van der Waals surface area contributed by atoms with Gasteiger partial charge in [-0.05, 0) is 86.3 Å². The summed E-state index contributed by atoms with van der Waals surface area (Å²) in [7, 11) is -4.75. The van der Waals surface area contributed by atoms with E-state index in [2.05, 4.69) is 0 Å². The van der Waals surface area contributed by atoms with Crippen molar-refractivity contribution in [3.05, 3.63) is 64.7 Å². The van der Waals surface area contributed by atoms with Gasteiger partial charge in [-0.15, -0.1) is 0 Å². The molecule has 2 aromatic rings. The Morgan fingerprint density at radius 3 is 1.89 bits per heavy atom. The first-order chi connectivity index (χ1) is 20.7. The van der Waals surface area contributed by atoms with E-state index >= 15 is 0 Å². The van der Waals surface area contributed by atoms with Crippen molar-refractivity contribution >= 4 is 15.7 Å². The molecule has 1 saturated heterocycles. The van der Waals surface area contributed by atoms with Gasteiger partial charge in [-0.1, -0.05) is 25.1 Å². The van der Waals surface area contributed by atoms with E-state index in [1.54, 1.807) is 0 Å². The molecule has 1 heterocycles. The van der Waals surface area contributed by atoms with Crippen molar-refractivity contribution in [1.29, 1.82) is 0 Å². The van der Waals surface area contributed by atoms with Crippen molar-refractivity contribution in [1.82, 2.24) is 4.90 Å². The fourth-order valence-electron chi connectivity index (χ4n) is 7.27. The van der Waals surface area contributed by atoms with Crippen LogP contribution in [0.3, 0.4) is 0 Å². The molecule has 2 unspecified atom stereocenters. The fraction of sp³-hybridized carbons (Fsp3) is 0.567. The summed E-state index contributed by atoms with van der Waals surface area (Å²) >= 11 is 0. The van der Waals surface area contributed by atoms with Crippen molar-refractivity contribution in [3.63, 3.8) is 0 Å². The Morgan fingerprint density at radius 1 is 0.800 bits per heavy atom. The molecule has 4 nitrogen and oxygen atoms in total. The van der Waals surface area contributed by atoms with E-state index in [-0.39, 0.29) is 48.9 Å². The maximum absolute atomic E-state index is 15.0. The van der Waals surface area contributed by atoms with Gasteiger partial charge in [0.2, 0.25) is 5.91 Å². The van der Waals surface area contributed by atoms with E-state index in [0.29, 0.717) is 37.0 Å². The molecule has 15 heteroatoms. The summed E-state index contributed by atoms with van der Waals surface area (Å²) in [5.74, 6) is -0.354. The Bertz CT molecular complexity index is 1540. The molecule has 2 aromatic carbocycles. The Hall–Kier alpha value is -2.84. The van der Waals surface area contributed by atoms with Gasteiger partial charge in [0.05, 0.1) is 16.5 Å². The van der Waals surface area contributed by atoms with Gasteiger partial charge in [-0.25, -0.2) is 12.8 Å². The van der Waals surface area contributed by atoms with Gasteiger partial charge in [0.1, 0.15) is 4.75 Å². The highest BCUT2D eigenvalue weighted by atomic mass is 32.2. The SMILES string of the molecule is CC1CCC(C(=O)N2CCC3(S(=O)(=O)c4ccc(C(F)(F)F)cc4)c4ccc(C(F)(C(F)(F)F)C(F)(F)F)cc4CCC23)CC1. The second-order valence-corrected chi connectivity index (χ2v) is 14.4. The van der Waals surface area contributed by atoms with Crippen LogP contribution in [0.15, 0.2) is 47.4 Å². The van der Waals surface area contributed by atoms with Gasteiger partial charge in [-0.3, -0.25) is 4.79 Å². The van der Waals surface area contributed by atoms with Crippen LogP contribution in [0.2, 0.25) is 0 Å². The van der Waals surface area contributed by atoms with E-state index < -0.39 is 66.8 Å². The third-order valence-corrected chi connectivity index (χ3v) is 12.2. The molecule has 248 valence electrons. The Morgan fingerprint density at radius 2 is 1.36 bits per heavy atom. The molecule has 5 rings (SSSR count). The van der Waals surface area contributed by atoms with Crippen LogP contribution in [0.1, 0.15) is 67.7 Å². The third-order valence-electron chi connectivity index (χ3n) is 9.69. The number of nitrogens with zero attached hydrogens (tertiary/aromatic N) is 1. The molecule has 0 aromatic heterocycles. The lowest BCUT2D eigenvalue weighted by Gasteiger charge is -2.44. The standard InChI is InChI=1S/C30H29F10NO3S/c1-17-2-4-18(5-3-17)25(42)41-15-14-26(45(43,44)22-10-7-20(8-11-22)28(32,33)34)23-12-9-21(16-19(23)6-13-24(26)41)27(31,29(35,36)37)30(38,39)40/h7-12,16-18,24H,2-6,13-15H2,1H3. The number of halogens is 10. The predicted octanol–water partition coefficient (Wildman–Crippen LogP) is 8.04. The highest BCUT2D eigenvalue weighted by molar-refractivity contribution is 7.92. The summed E-state index contributed by atoms with van der Waals surface area (Å²) in [5.41, 5.74) is -9.15. The van der Waals surface area contributed by atoms with E-state index in [1.807, 2.05) is 6.92 Å². The van der Waals surface area contributed by atoms with Gasteiger partial charge >= 0.3 is 24.2 Å². The average Bonchev–Trinajstić information content (AvgIpc) is 3.36. The number of benzene rings is 2. The van der Waals surface area contributed by atoms with Crippen molar-refractivity contribution < 1.29 is 57.1 Å². The molecule has 2 atom stereocenters. The first-order valence-electron chi connectivity index (χ1n) is 14.3. The van der Waals surface area contributed by atoms with Gasteiger partial charge in [-0.2, -0.15) is 39.5 Å². The zero-order valence-electron chi connectivity index (χ0n) is 23.8. The highest BCUT2D eigenvalue weighted by Crippen LogP contribution is 2.57. The zero-order valence-corrected chi connectivity index (χ0v) is 24.6. The van der Waals surface area contributed by atoms with Crippen LogP contribution >= 0.6 is 0 Å². The molecule has 2 fully saturated rings. The van der Waals surface area contributed by atoms with Gasteiger partial charge in [0.25, 0.3) is 0 Å². The second-order valence-electron chi connectivity index (χ2n) is 12.2. The zero-order chi connectivity index (χ0) is 33.4. The first kappa shape index (κ1) is 33.5. The average molecular weight is 674 g/mol. The van der Waals surface area contributed by atoms with Crippen LogP contribution in [0.4, 0.5) is 43.9 Å². The molecule has 3 aliphatic rings. The van der Waals surface area contributed by atoms with Crippen LogP contribution in [-0.4, -0.2) is 44.2 Å². The van der Waals surface area contributed by atoms with Gasteiger partial charge < -0.3 is 4.90 Å². The van der Waals surface area contributed by atoms with Crippen molar-refractivity contribution in [3.8, 4) is 0 Å². The molecule has 0 N–H and O–H groups in total. The summed E-state index contributed by atoms with van der Waals surface area (Å²) in [4.78, 5) is 14.6. The smallest absolute Gasteiger partial charge is 0.337 e. The molecular weight excluding hydrogens is 644 g/mol. The number of alkyl halides is 10. The summed E-state index contributed by atoms with van der Waals surface area (Å²) in [5, 5.41) is 0. The molecule has 0 radical (unpaired) electrons. The van der Waals surface area contributed by atoms with Crippen molar-refractivity contribution in [2.45, 2.75) is 91.8 Å². The number of aryl methyl sites for hydroxylation is 1. The number of fused-ring (bicyclic) bond motifs is 3. The number of hydrogen-bond donors (Lipinski definition) is 0. The molecule has 45 heavy (non-hydrogen) atoms. The number of carbonyl (C=O) groups excluding carboxylic acids is 1. The van der Waals surface area contributed by atoms with Crippen molar-refractivity contribution in [2.24, 2.45) is 11.8 Å². The lowest BCUT2D eigenvalue weighted by atomic mass is 9.76. The molecular formula is C30H29F10NO3S. The summed E-state index contributed by atoms with van der Waals surface area (Å²) < 4.78 is 163. The number of amides is 1. The normalized spacial score (nSPS) is 26.4. The monoisotopic (exact) mass is 673 g/mol. The lowest BCUT2D eigenvalue weighted by molar-refractivity contribution is -0.348. The quantitative estimate of drug-likeness (QED) is 0.309. The van der Waals surface area contributed by atoms with Gasteiger partial charge in [0, 0.05) is 18.0 Å². The van der Waals surface area contributed by atoms with E-state index in [4.69, 9.17) is 0 Å². The van der Waals surface area contributed by atoms with Crippen molar-refractivity contribution in [2.75, 3.05) is 6.54 Å². The van der Waals surface area contributed by atoms with Crippen LogP contribution in [0.5, 0.6) is 0 Å². The van der Waals surface area contributed by atoms with Crippen LogP contribution in [-0.2, 0) is 37.6 Å². The minimum Gasteiger partial charge on any atom is -0.337 e. The van der Waals surface area contributed by atoms with Crippen LogP contribution in [0.25, 0.3) is 0 Å². The van der Waals surface area contributed by atoms with E-state index in [1.165, 1.54) is 4.90 Å². The number of rotatable bonds is 4. The highest BCUT2D eigenvalue weighted by Gasteiger charge is 2.74. The number of carbonyl (C=O) groups is 1. The molecule has 2 aliphatic carbocycles. The topological polar surface area (TPSA) is 54.5 Å². The van der Waals surface area contributed by atoms with Crippen LogP contribution in [0, 0.1) is 11.8 Å². The van der Waals surface area contributed by atoms with E-state index in [9.17, 15) is 57.1 Å². The number of hydrogen-bond acceptors (Lipinski definition) is 3. The molecule has 1 aliphatic heterocycles. The third kappa shape index (κ3) is 5.20. The lowest BCUT2D eigenvalue weighted by Crippen LogP contribution is -2.53. The Balaban J connectivity index is 1.66. The molecule has 0 spiro atoms.